The molecule has 0 spiro atoms. The van der Waals surface area contributed by atoms with E-state index in [0.717, 1.165) is 22.7 Å². The number of aryl methyl sites for hydroxylation is 2. The summed E-state index contributed by atoms with van der Waals surface area (Å²) in [5, 5.41) is 3.26. The molecule has 45 heavy (non-hydrogen) atoms. The average molecular weight is 599 g/mol. The summed E-state index contributed by atoms with van der Waals surface area (Å²) in [6.07, 6.45) is 0.370. The van der Waals surface area contributed by atoms with Crippen LogP contribution >= 0.6 is 0 Å². The number of ether oxygens (including phenoxy) is 2. The number of para-hydroxylation sites is 1. The predicted octanol–water partition coefficient (Wildman–Crippen LogP) is 7.95. The van der Waals surface area contributed by atoms with Gasteiger partial charge in [0.05, 0.1) is 13.7 Å². The van der Waals surface area contributed by atoms with Crippen molar-refractivity contribution in [2.45, 2.75) is 26.3 Å². The molecule has 6 heteroatoms. The molecular formula is C39H38N2O4. The molecule has 0 aliphatic heterocycles. The SMILES string of the molecule is COC(=O)C(Cc1ccc(OCCN(c2ccc(C)cc2)c2ccc(C)cc2)cc1)Nc1ccccc1C(=O)c1ccccc1. The van der Waals surface area contributed by atoms with Crippen LogP contribution < -0.4 is 15.0 Å². The highest BCUT2D eigenvalue weighted by molar-refractivity contribution is 6.12. The van der Waals surface area contributed by atoms with E-state index >= 15 is 0 Å². The highest BCUT2D eigenvalue weighted by Crippen LogP contribution is 2.26. The first-order valence-electron chi connectivity index (χ1n) is 15.1. The smallest absolute Gasteiger partial charge is 0.328 e. The average Bonchev–Trinajstić information content (AvgIpc) is 3.08. The van der Waals surface area contributed by atoms with E-state index in [4.69, 9.17) is 9.47 Å². The van der Waals surface area contributed by atoms with Crippen LogP contribution in [0.25, 0.3) is 0 Å². The number of esters is 1. The minimum absolute atomic E-state index is 0.118. The maximum Gasteiger partial charge on any atom is 0.328 e. The van der Waals surface area contributed by atoms with Crippen LogP contribution in [0, 0.1) is 13.8 Å². The van der Waals surface area contributed by atoms with Gasteiger partial charge in [0.2, 0.25) is 0 Å². The minimum Gasteiger partial charge on any atom is -0.492 e. The second-order valence-corrected chi connectivity index (χ2v) is 11.0. The number of ketones is 1. The predicted molar refractivity (Wildman–Crippen MR) is 181 cm³/mol. The number of nitrogens with zero attached hydrogens (tertiary/aromatic N) is 1. The van der Waals surface area contributed by atoms with Crippen molar-refractivity contribution >= 4 is 28.8 Å². The normalized spacial score (nSPS) is 11.4. The molecule has 1 unspecified atom stereocenters. The number of anilines is 3. The van der Waals surface area contributed by atoms with E-state index in [2.05, 4.69) is 72.6 Å². The third-order valence-corrected chi connectivity index (χ3v) is 7.66. The summed E-state index contributed by atoms with van der Waals surface area (Å²) in [4.78, 5) is 28.3. The van der Waals surface area contributed by atoms with Crippen molar-refractivity contribution in [2.24, 2.45) is 0 Å². The quantitative estimate of drug-likeness (QED) is 0.110. The van der Waals surface area contributed by atoms with Gasteiger partial charge in [-0.3, -0.25) is 4.79 Å². The molecule has 0 radical (unpaired) electrons. The minimum atomic E-state index is -0.691. The molecule has 0 fully saturated rings. The fraction of sp³-hybridized carbons (Fsp3) is 0.179. The van der Waals surface area contributed by atoms with Gasteiger partial charge in [0.15, 0.2) is 5.78 Å². The lowest BCUT2D eigenvalue weighted by molar-refractivity contribution is -0.141. The molecule has 0 aliphatic rings. The Kier molecular flexibility index (Phi) is 10.3. The molecular weight excluding hydrogens is 560 g/mol. The molecule has 0 aromatic heterocycles. The molecule has 0 saturated heterocycles. The van der Waals surface area contributed by atoms with E-state index < -0.39 is 12.0 Å². The number of benzene rings is 5. The maximum atomic E-state index is 13.2. The van der Waals surface area contributed by atoms with Crippen molar-refractivity contribution in [3.05, 3.63) is 155 Å². The van der Waals surface area contributed by atoms with E-state index in [1.807, 2.05) is 54.6 Å². The molecule has 1 N–H and O–H groups in total. The summed E-state index contributed by atoms with van der Waals surface area (Å²) in [5.74, 6) is 0.213. The lowest BCUT2D eigenvalue weighted by Crippen LogP contribution is -2.33. The number of hydrogen-bond acceptors (Lipinski definition) is 6. The fourth-order valence-electron chi connectivity index (χ4n) is 5.14. The zero-order valence-electron chi connectivity index (χ0n) is 25.9. The monoisotopic (exact) mass is 598 g/mol. The molecule has 0 heterocycles. The van der Waals surface area contributed by atoms with Gasteiger partial charge in [-0.15, -0.1) is 0 Å². The second kappa shape index (κ2) is 14.9. The highest BCUT2D eigenvalue weighted by Gasteiger charge is 2.22. The summed E-state index contributed by atoms with van der Waals surface area (Å²) < 4.78 is 11.3. The van der Waals surface area contributed by atoms with Crippen LogP contribution in [0.15, 0.2) is 127 Å². The van der Waals surface area contributed by atoms with Crippen LogP contribution in [0.2, 0.25) is 0 Å². The van der Waals surface area contributed by atoms with Crippen molar-refractivity contribution in [1.29, 1.82) is 0 Å². The van der Waals surface area contributed by atoms with Gasteiger partial charge in [0.25, 0.3) is 0 Å². The van der Waals surface area contributed by atoms with E-state index in [1.54, 1.807) is 24.3 Å². The molecule has 1 atom stereocenters. The fourth-order valence-corrected chi connectivity index (χ4v) is 5.14. The number of carbonyl (C=O) groups is 2. The van der Waals surface area contributed by atoms with Crippen molar-refractivity contribution < 1.29 is 19.1 Å². The van der Waals surface area contributed by atoms with Crippen LogP contribution in [0.1, 0.15) is 32.6 Å². The lowest BCUT2D eigenvalue weighted by Gasteiger charge is -2.25. The van der Waals surface area contributed by atoms with Crippen molar-refractivity contribution in [3.63, 3.8) is 0 Å². The summed E-state index contributed by atoms with van der Waals surface area (Å²) >= 11 is 0. The number of rotatable bonds is 13. The molecule has 5 rings (SSSR count). The van der Waals surface area contributed by atoms with Crippen LogP contribution in [-0.4, -0.2) is 38.1 Å². The lowest BCUT2D eigenvalue weighted by atomic mass is 10.00. The van der Waals surface area contributed by atoms with Crippen molar-refractivity contribution in [1.82, 2.24) is 0 Å². The maximum absolute atomic E-state index is 13.2. The Morgan fingerprint density at radius 2 is 1.29 bits per heavy atom. The van der Waals surface area contributed by atoms with E-state index in [1.165, 1.54) is 18.2 Å². The molecule has 0 amide bonds. The molecule has 0 saturated carbocycles. The Hall–Kier alpha value is -5.36. The third-order valence-electron chi connectivity index (χ3n) is 7.66. The van der Waals surface area contributed by atoms with Gasteiger partial charge in [-0.2, -0.15) is 0 Å². The molecule has 5 aromatic carbocycles. The first-order valence-corrected chi connectivity index (χ1v) is 15.1. The molecule has 0 bridgehead atoms. The zero-order chi connectivity index (χ0) is 31.6. The van der Waals surface area contributed by atoms with Gasteiger partial charge in [-0.25, -0.2) is 4.79 Å². The zero-order valence-corrected chi connectivity index (χ0v) is 25.9. The van der Waals surface area contributed by atoms with Crippen LogP contribution in [0.5, 0.6) is 5.75 Å². The molecule has 0 aliphatic carbocycles. The van der Waals surface area contributed by atoms with Gasteiger partial charge in [0.1, 0.15) is 18.4 Å². The van der Waals surface area contributed by atoms with E-state index in [-0.39, 0.29) is 5.78 Å². The largest absolute Gasteiger partial charge is 0.492 e. The number of methoxy groups -OCH3 is 1. The number of carbonyl (C=O) groups excluding carboxylic acids is 2. The Morgan fingerprint density at radius 3 is 1.89 bits per heavy atom. The van der Waals surface area contributed by atoms with Gasteiger partial charge >= 0.3 is 5.97 Å². The first-order chi connectivity index (χ1) is 21.9. The van der Waals surface area contributed by atoms with E-state index in [9.17, 15) is 9.59 Å². The summed E-state index contributed by atoms with van der Waals surface area (Å²) in [6.45, 7) is 5.33. The first kappa shape index (κ1) is 31.1. The number of hydrogen-bond donors (Lipinski definition) is 1. The Bertz CT molecular complexity index is 1650. The summed E-state index contributed by atoms with van der Waals surface area (Å²) in [7, 11) is 1.37. The van der Waals surface area contributed by atoms with E-state index in [0.29, 0.717) is 36.4 Å². The van der Waals surface area contributed by atoms with Gasteiger partial charge in [-0.1, -0.05) is 90.0 Å². The van der Waals surface area contributed by atoms with Gasteiger partial charge < -0.3 is 19.7 Å². The third kappa shape index (κ3) is 8.18. The summed E-state index contributed by atoms with van der Waals surface area (Å²) in [6, 6.07) is 40.3. The van der Waals surface area contributed by atoms with Crippen LogP contribution in [-0.2, 0) is 16.0 Å². The highest BCUT2D eigenvalue weighted by atomic mass is 16.5. The summed E-state index contributed by atoms with van der Waals surface area (Å²) in [5.41, 5.74) is 7.23. The second-order valence-electron chi connectivity index (χ2n) is 11.0. The topological polar surface area (TPSA) is 67.9 Å². The molecule has 228 valence electrons. The standard InChI is InChI=1S/C39H38N2O4/c1-28-13-19-32(20-14-28)41(33-21-15-29(2)16-22-33)25-26-45-34-23-17-30(18-24-34)27-37(39(43)44-3)40-36-12-8-7-11-35(36)38(42)31-9-5-4-6-10-31/h4-24,37,40H,25-27H2,1-3H3. The van der Waals surface area contributed by atoms with Gasteiger partial charge in [-0.05, 0) is 67.9 Å². The Morgan fingerprint density at radius 1 is 0.711 bits per heavy atom. The van der Waals surface area contributed by atoms with Crippen LogP contribution in [0.4, 0.5) is 17.1 Å². The van der Waals surface area contributed by atoms with Crippen molar-refractivity contribution in [3.8, 4) is 5.75 Å². The Labute approximate surface area is 265 Å². The van der Waals surface area contributed by atoms with Gasteiger partial charge in [0, 0.05) is 34.6 Å². The molecule has 6 nitrogen and oxygen atoms in total. The van der Waals surface area contributed by atoms with Crippen molar-refractivity contribution in [2.75, 3.05) is 30.5 Å². The molecule has 5 aromatic rings. The van der Waals surface area contributed by atoms with Crippen LogP contribution in [0.3, 0.4) is 0 Å². The Balaban J connectivity index is 1.24. The number of nitrogens with one attached hydrogen (secondary N) is 1.